The summed E-state index contributed by atoms with van der Waals surface area (Å²) in [6, 6.07) is 11.4. The van der Waals surface area contributed by atoms with Gasteiger partial charge in [0.2, 0.25) is 11.8 Å². The Hall–Kier alpha value is -3.03. The Labute approximate surface area is 182 Å². The molecule has 7 nitrogen and oxygen atoms in total. The zero-order valence-corrected chi connectivity index (χ0v) is 17.7. The van der Waals surface area contributed by atoms with Gasteiger partial charge in [0.25, 0.3) is 0 Å². The maximum absolute atomic E-state index is 13.1. The Kier molecular flexibility index (Phi) is 5.40. The summed E-state index contributed by atoms with van der Waals surface area (Å²) in [4.78, 5) is 25.4. The van der Waals surface area contributed by atoms with E-state index < -0.39 is 11.9 Å². The predicted molar refractivity (Wildman–Crippen MR) is 116 cm³/mol. The lowest BCUT2D eigenvalue weighted by Crippen LogP contribution is -2.36. The van der Waals surface area contributed by atoms with Gasteiger partial charge in [-0.2, -0.15) is 5.10 Å². The van der Waals surface area contributed by atoms with E-state index in [4.69, 9.17) is 27.9 Å². The van der Waals surface area contributed by atoms with Crippen molar-refractivity contribution in [2.24, 2.45) is 0 Å². The van der Waals surface area contributed by atoms with Crippen LogP contribution in [0.2, 0.25) is 10.0 Å². The van der Waals surface area contributed by atoms with Crippen LogP contribution in [-0.2, 0) is 9.59 Å². The van der Waals surface area contributed by atoms with Gasteiger partial charge in [-0.25, -0.2) is 4.68 Å². The lowest BCUT2D eigenvalue weighted by atomic mass is 10.1. The van der Waals surface area contributed by atoms with Crippen molar-refractivity contribution in [3.05, 3.63) is 58.1 Å². The van der Waals surface area contributed by atoms with Crippen molar-refractivity contribution in [3.63, 3.8) is 0 Å². The van der Waals surface area contributed by atoms with Gasteiger partial charge < -0.3 is 15.4 Å². The molecule has 1 aromatic heterocycles. The lowest BCUT2D eigenvalue weighted by Gasteiger charge is -2.24. The van der Waals surface area contributed by atoms with E-state index in [9.17, 15) is 9.59 Å². The van der Waals surface area contributed by atoms with Crippen molar-refractivity contribution in [1.29, 1.82) is 0 Å². The quantitative estimate of drug-likeness (QED) is 0.610. The highest BCUT2D eigenvalue weighted by atomic mass is 35.5. The fourth-order valence-electron chi connectivity index (χ4n) is 3.40. The van der Waals surface area contributed by atoms with E-state index >= 15 is 0 Å². The molecule has 0 radical (unpaired) electrons. The molecule has 9 heteroatoms. The van der Waals surface area contributed by atoms with Gasteiger partial charge in [-0.3, -0.25) is 9.59 Å². The topological polar surface area (TPSA) is 85.2 Å². The van der Waals surface area contributed by atoms with Crippen LogP contribution in [0, 0.1) is 6.92 Å². The molecule has 0 aliphatic carbocycles. The van der Waals surface area contributed by atoms with Crippen molar-refractivity contribution in [2.45, 2.75) is 19.4 Å². The summed E-state index contributed by atoms with van der Waals surface area (Å²) >= 11 is 12.3. The molecule has 3 aromatic rings. The summed E-state index contributed by atoms with van der Waals surface area (Å²) < 4.78 is 6.72. The van der Waals surface area contributed by atoms with Crippen LogP contribution in [0.4, 0.5) is 11.5 Å². The average molecular weight is 445 g/mol. The number of methoxy groups -OCH3 is 1. The molecule has 30 heavy (non-hydrogen) atoms. The number of anilines is 2. The normalized spacial score (nSPS) is 15.3. The Morgan fingerprint density at radius 3 is 2.80 bits per heavy atom. The standard InChI is InChI=1S/C21H18Cl2N4O3/c1-11-19(12-4-3-5-13(22)8-12)26-27-17(10-18(28)25-20(11)27)21(29)24-16-9-14(30-2)6-7-15(16)23/h3-9,17H,10H2,1-2H3,(H,24,29)(H,25,28)/t17-/m1/s1. The maximum Gasteiger partial charge on any atom is 0.249 e. The van der Waals surface area contributed by atoms with E-state index in [2.05, 4.69) is 15.7 Å². The third-order valence-electron chi connectivity index (χ3n) is 4.91. The van der Waals surface area contributed by atoms with Gasteiger partial charge in [-0.15, -0.1) is 0 Å². The third-order valence-corrected chi connectivity index (χ3v) is 5.48. The number of carbonyl (C=O) groups is 2. The van der Waals surface area contributed by atoms with E-state index in [1.165, 1.54) is 11.8 Å². The van der Waals surface area contributed by atoms with Crippen molar-refractivity contribution in [1.82, 2.24) is 9.78 Å². The molecule has 0 fully saturated rings. The molecule has 2 aromatic carbocycles. The summed E-state index contributed by atoms with van der Waals surface area (Å²) in [7, 11) is 1.52. The first-order chi connectivity index (χ1) is 14.4. The van der Waals surface area contributed by atoms with E-state index in [1.807, 2.05) is 19.1 Å². The molecular formula is C21H18Cl2N4O3. The second-order valence-corrected chi connectivity index (χ2v) is 7.72. The second-order valence-electron chi connectivity index (χ2n) is 6.88. The molecule has 2 N–H and O–H groups in total. The molecule has 1 aliphatic heterocycles. The number of aromatic nitrogens is 2. The van der Waals surface area contributed by atoms with E-state index in [1.54, 1.807) is 30.3 Å². The van der Waals surface area contributed by atoms with Crippen molar-refractivity contribution < 1.29 is 14.3 Å². The van der Waals surface area contributed by atoms with Crippen molar-refractivity contribution >= 4 is 46.5 Å². The third kappa shape index (κ3) is 3.74. The molecule has 0 saturated carbocycles. The first-order valence-electron chi connectivity index (χ1n) is 9.16. The maximum atomic E-state index is 13.1. The van der Waals surface area contributed by atoms with Crippen LogP contribution in [0.15, 0.2) is 42.5 Å². The zero-order valence-electron chi connectivity index (χ0n) is 16.2. The molecule has 2 amide bonds. The van der Waals surface area contributed by atoms with E-state index in [0.29, 0.717) is 33.0 Å². The number of hydrogen-bond donors (Lipinski definition) is 2. The van der Waals surface area contributed by atoms with Crippen LogP contribution in [0.5, 0.6) is 5.75 Å². The molecule has 0 bridgehead atoms. The van der Waals surface area contributed by atoms with Gasteiger partial charge in [-0.05, 0) is 31.2 Å². The molecule has 1 atom stereocenters. The summed E-state index contributed by atoms with van der Waals surface area (Å²) in [6.07, 6.45) is -0.0451. The predicted octanol–water partition coefficient (Wildman–Crippen LogP) is 4.70. The van der Waals surface area contributed by atoms with Crippen LogP contribution >= 0.6 is 23.2 Å². The Morgan fingerprint density at radius 2 is 2.07 bits per heavy atom. The summed E-state index contributed by atoms with van der Waals surface area (Å²) in [5.74, 6) is 0.370. The minimum absolute atomic E-state index is 0.0451. The van der Waals surface area contributed by atoms with Crippen LogP contribution in [0.3, 0.4) is 0 Å². The minimum Gasteiger partial charge on any atom is -0.497 e. The van der Waals surface area contributed by atoms with E-state index in [-0.39, 0.29) is 12.3 Å². The number of ether oxygens (including phenoxy) is 1. The smallest absolute Gasteiger partial charge is 0.249 e. The number of carbonyl (C=O) groups excluding carboxylic acids is 2. The molecular weight excluding hydrogens is 427 g/mol. The molecule has 154 valence electrons. The Morgan fingerprint density at radius 1 is 1.27 bits per heavy atom. The number of nitrogens with zero attached hydrogens (tertiary/aromatic N) is 2. The highest BCUT2D eigenvalue weighted by molar-refractivity contribution is 6.33. The Balaban J connectivity index is 1.71. The average Bonchev–Trinajstić information content (AvgIpc) is 3.05. The highest BCUT2D eigenvalue weighted by Gasteiger charge is 2.34. The van der Waals surface area contributed by atoms with Gasteiger partial charge in [0.15, 0.2) is 0 Å². The molecule has 4 rings (SSSR count). The number of rotatable bonds is 4. The fourth-order valence-corrected chi connectivity index (χ4v) is 3.75. The summed E-state index contributed by atoms with van der Waals surface area (Å²) in [5.41, 5.74) is 2.59. The van der Waals surface area contributed by atoms with Crippen LogP contribution < -0.4 is 15.4 Å². The summed E-state index contributed by atoms with van der Waals surface area (Å²) in [6.45, 7) is 1.84. The van der Waals surface area contributed by atoms with Gasteiger partial charge in [0.1, 0.15) is 17.6 Å². The van der Waals surface area contributed by atoms with Gasteiger partial charge in [0.05, 0.1) is 29.9 Å². The van der Waals surface area contributed by atoms with Crippen LogP contribution in [-0.4, -0.2) is 28.7 Å². The van der Waals surface area contributed by atoms with Crippen molar-refractivity contribution in [2.75, 3.05) is 17.7 Å². The summed E-state index contributed by atoms with van der Waals surface area (Å²) in [5, 5.41) is 11.2. The van der Waals surface area contributed by atoms with Gasteiger partial charge in [0, 0.05) is 22.2 Å². The molecule has 0 saturated heterocycles. The van der Waals surface area contributed by atoms with Crippen molar-refractivity contribution in [3.8, 4) is 17.0 Å². The first-order valence-corrected chi connectivity index (χ1v) is 9.92. The van der Waals surface area contributed by atoms with Gasteiger partial charge in [-0.1, -0.05) is 35.3 Å². The minimum atomic E-state index is -0.831. The number of benzene rings is 2. The number of nitrogens with one attached hydrogen (secondary N) is 2. The molecule has 0 unspecified atom stereocenters. The molecule has 0 spiro atoms. The SMILES string of the molecule is COc1ccc(Cl)c(NC(=O)[C@H]2CC(=O)Nc3c(C)c(-c4cccc(Cl)c4)nn32)c1. The first kappa shape index (κ1) is 20.3. The fraction of sp³-hybridized carbons (Fsp3) is 0.190. The largest absolute Gasteiger partial charge is 0.497 e. The monoisotopic (exact) mass is 444 g/mol. The highest BCUT2D eigenvalue weighted by Crippen LogP contribution is 2.36. The number of fused-ring (bicyclic) bond motifs is 1. The van der Waals surface area contributed by atoms with E-state index in [0.717, 1.165) is 11.1 Å². The molecule has 1 aliphatic rings. The zero-order chi connectivity index (χ0) is 21.4. The molecule has 2 heterocycles. The van der Waals surface area contributed by atoms with Crippen LogP contribution in [0.25, 0.3) is 11.3 Å². The second kappa shape index (κ2) is 8.01. The number of hydrogen-bond acceptors (Lipinski definition) is 4. The number of halogens is 2. The number of amides is 2. The van der Waals surface area contributed by atoms with Crippen LogP contribution in [0.1, 0.15) is 18.0 Å². The van der Waals surface area contributed by atoms with Gasteiger partial charge >= 0.3 is 0 Å². The Bertz CT molecular complexity index is 1160. The lowest BCUT2D eigenvalue weighted by molar-refractivity contribution is -0.125.